The SMILES string of the molecule is CC(C)c1cccc(C(C)C)c1[N+]1=C=[N+](c2c(C(C)C)cccc2C(C)C)c2ccccc21.[Au+].c1ccc2c(c1)[N-]c1ccccc1-c1ccccc1-2. The van der Waals surface area contributed by atoms with Crippen LogP contribution in [0, 0.1) is 0 Å². The van der Waals surface area contributed by atoms with Gasteiger partial charge >= 0.3 is 28.4 Å². The first-order chi connectivity index (χ1) is 25.2. The molecule has 0 unspecified atom stereocenters. The second-order valence-corrected chi connectivity index (χ2v) is 15.1. The van der Waals surface area contributed by atoms with E-state index in [1.807, 2.05) is 12.1 Å². The van der Waals surface area contributed by atoms with Crippen molar-refractivity contribution in [3.8, 4) is 22.3 Å². The fourth-order valence-electron chi connectivity index (χ4n) is 7.61. The first-order valence-electron chi connectivity index (χ1n) is 18.9. The van der Waals surface area contributed by atoms with Crippen LogP contribution in [0.25, 0.3) is 27.6 Å². The standard InChI is InChI=1S/C31H38N2.C18H12N.Au/c1-20(2)24-13-11-14-25(21(3)4)30(24)32-19-33(29-18-10-9-17-28(29)32)31-26(22(5)6)15-12-16-27(31)23(7)8;1-2-8-14-13(7-1)15-9-3-5-11-17(15)19-18-12-6-4-10-16(14)18;/h9-18,20-23H,1-8H3;1-12H;/q+2;-1;+1. The summed E-state index contributed by atoms with van der Waals surface area (Å²) in [5.74, 6) is 1.71. The summed E-state index contributed by atoms with van der Waals surface area (Å²) in [4.78, 5) is 0. The van der Waals surface area contributed by atoms with Crippen molar-refractivity contribution in [3.05, 3.63) is 161 Å². The zero-order valence-electron chi connectivity index (χ0n) is 32.2. The Kier molecular flexibility index (Phi) is 11.5. The second-order valence-electron chi connectivity index (χ2n) is 15.1. The van der Waals surface area contributed by atoms with Crippen LogP contribution in [0.15, 0.2) is 133 Å². The van der Waals surface area contributed by atoms with Gasteiger partial charge in [-0.3, -0.25) is 0 Å². The summed E-state index contributed by atoms with van der Waals surface area (Å²) in [7, 11) is 0. The van der Waals surface area contributed by atoms with E-state index < -0.39 is 0 Å². The van der Waals surface area contributed by atoms with E-state index in [4.69, 9.17) is 5.32 Å². The van der Waals surface area contributed by atoms with Crippen molar-refractivity contribution in [3.63, 3.8) is 0 Å². The average molecular weight is 878 g/mol. The van der Waals surface area contributed by atoms with Crippen LogP contribution in [-0.2, 0) is 22.4 Å². The molecule has 2 heterocycles. The molecule has 0 aromatic heterocycles. The van der Waals surface area contributed by atoms with Gasteiger partial charge < -0.3 is 5.32 Å². The minimum atomic E-state index is 0. The van der Waals surface area contributed by atoms with Crippen molar-refractivity contribution in [2.45, 2.75) is 79.1 Å². The van der Waals surface area contributed by atoms with E-state index in [1.54, 1.807) is 0 Å². The van der Waals surface area contributed by atoms with Crippen LogP contribution in [0.4, 0.5) is 34.1 Å². The van der Waals surface area contributed by atoms with E-state index in [0.29, 0.717) is 23.7 Å². The molecule has 0 aliphatic carbocycles. The molecule has 270 valence electrons. The molecule has 0 atom stereocenters. The summed E-state index contributed by atoms with van der Waals surface area (Å²) >= 11 is 0. The van der Waals surface area contributed by atoms with Crippen molar-refractivity contribution in [1.82, 2.24) is 9.15 Å². The molecule has 0 spiro atoms. The molecule has 6 aromatic carbocycles. The molecule has 0 saturated carbocycles. The van der Waals surface area contributed by atoms with E-state index in [9.17, 15) is 0 Å². The molecule has 0 N–H and O–H groups in total. The number of hydrogen-bond acceptors (Lipinski definition) is 0. The Morgan fingerprint density at radius 2 is 0.679 bits per heavy atom. The molecule has 0 amide bonds. The number of benzene rings is 6. The zero-order chi connectivity index (χ0) is 36.5. The van der Waals surface area contributed by atoms with E-state index in [0.717, 1.165) is 11.4 Å². The predicted molar refractivity (Wildman–Crippen MR) is 224 cm³/mol. The van der Waals surface area contributed by atoms with Gasteiger partial charge in [0.1, 0.15) is 0 Å². The Bertz CT molecular complexity index is 2130. The Morgan fingerprint density at radius 1 is 0.377 bits per heavy atom. The number of fused-ring (bicyclic) bond motifs is 6. The Labute approximate surface area is 332 Å². The van der Waals surface area contributed by atoms with E-state index >= 15 is 0 Å². The molecule has 8 rings (SSSR count). The van der Waals surface area contributed by atoms with E-state index in [-0.39, 0.29) is 22.4 Å². The molecule has 0 radical (unpaired) electrons. The first kappa shape index (κ1) is 38.0. The maximum Gasteiger partial charge on any atom is 1.00 e. The van der Waals surface area contributed by atoms with Gasteiger partial charge in [-0.15, -0.1) is 11.4 Å². The Balaban J connectivity index is 0.000000203. The van der Waals surface area contributed by atoms with Gasteiger partial charge in [0, 0.05) is 34.4 Å². The van der Waals surface area contributed by atoms with Crippen molar-refractivity contribution in [2.75, 3.05) is 0 Å². The summed E-state index contributed by atoms with van der Waals surface area (Å²) in [6.45, 7) is 18.3. The first-order valence-corrected chi connectivity index (χ1v) is 18.9. The van der Waals surface area contributed by atoms with Gasteiger partial charge in [0.2, 0.25) is 11.4 Å². The monoisotopic (exact) mass is 877 g/mol. The molecule has 53 heavy (non-hydrogen) atoms. The summed E-state index contributed by atoms with van der Waals surface area (Å²) < 4.78 is 4.64. The zero-order valence-corrected chi connectivity index (χ0v) is 34.3. The van der Waals surface area contributed by atoms with Crippen LogP contribution in [0.5, 0.6) is 0 Å². The van der Waals surface area contributed by atoms with Crippen molar-refractivity contribution in [1.29, 1.82) is 0 Å². The van der Waals surface area contributed by atoms with Gasteiger partial charge in [-0.2, -0.15) is 0 Å². The normalized spacial score (nSPS) is 12.4. The van der Waals surface area contributed by atoms with E-state index in [2.05, 4.69) is 192 Å². The molecule has 0 saturated heterocycles. The predicted octanol–water partition coefficient (Wildman–Crippen LogP) is 14.7. The molecule has 6 aromatic rings. The Hall–Kier alpha value is -4.76. The quantitative estimate of drug-likeness (QED) is 0.117. The van der Waals surface area contributed by atoms with Gasteiger partial charge in [0.25, 0.3) is 11.4 Å². The molecule has 0 fully saturated rings. The topological polar surface area (TPSA) is 20.1 Å². The molecule has 4 heteroatoms. The molecule has 0 bridgehead atoms. The van der Waals surface area contributed by atoms with Crippen LogP contribution in [0.1, 0.15) is 101 Å². The molecule has 2 aliphatic heterocycles. The van der Waals surface area contributed by atoms with Crippen molar-refractivity contribution < 1.29 is 22.4 Å². The maximum atomic E-state index is 4.82. The minimum Gasteiger partial charge on any atom is -0.657 e. The number of para-hydroxylation sites is 6. The van der Waals surface area contributed by atoms with Crippen LogP contribution in [0.3, 0.4) is 0 Å². The summed E-state index contributed by atoms with van der Waals surface area (Å²) in [6, 6.07) is 51.3. The number of nitrogens with zero attached hydrogens (tertiary/aromatic N) is 3. The third-order valence-electron chi connectivity index (χ3n) is 10.3. The van der Waals surface area contributed by atoms with Gasteiger partial charge in [0.15, 0.2) is 0 Å². The van der Waals surface area contributed by atoms with Crippen LogP contribution >= 0.6 is 0 Å². The smallest absolute Gasteiger partial charge is 0.657 e. The van der Waals surface area contributed by atoms with Gasteiger partial charge in [-0.05, 0) is 55.1 Å². The van der Waals surface area contributed by atoms with Gasteiger partial charge in [-0.1, -0.05) is 177 Å². The van der Waals surface area contributed by atoms with Crippen LogP contribution in [0.2, 0.25) is 0 Å². The van der Waals surface area contributed by atoms with Gasteiger partial charge in [0.05, 0.1) is 0 Å². The van der Waals surface area contributed by atoms with Crippen molar-refractivity contribution in [2.24, 2.45) is 0 Å². The van der Waals surface area contributed by atoms with E-state index in [1.165, 1.54) is 67.3 Å². The average Bonchev–Trinajstić information content (AvgIpc) is 3.46. The van der Waals surface area contributed by atoms with Crippen molar-refractivity contribution >= 4 is 40.1 Å². The Morgan fingerprint density at radius 3 is 1.02 bits per heavy atom. The summed E-state index contributed by atoms with van der Waals surface area (Å²) in [5, 5.41) is 4.82. The molecule has 2 aliphatic rings. The molecule has 3 nitrogen and oxygen atoms in total. The molecular weight excluding hydrogens is 828 g/mol. The fraction of sp³-hybridized carbons (Fsp3) is 0.245. The minimum absolute atomic E-state index is 0. The number of rotatable bonds is 6. The van der Waals surface area contributed by atoms with Crippen LogP contribution < -0.4 is 9.15 Å². The van der Waals surface area contributed by atoms with Crippen LogP contribution in [-0.4, -0.2) is 6.01 Å². The van der Waals surface area contributed by atoms with Gasteiger partial charge in [-0.25, -0.2) is 0 Å². The fourth-order valence-corrected chi connectivity index (χ4v) is 7.61. The molecular formula is C49H50AuN3+2. The maximum absolute atomic E-state index is 4.82. The third-order valence-corrected chi connectivity index (χ3v) is 10.3. The third kappa shape index (κ3) is 7.28. The second kappa shape index (κ2) is 16.1. The largest absolute Gasteiger partial charge is 1.00 e. The summed E-state index contributed by atoms with van der Waals surface area (Å²) in [5.41, 5.74) is 17.4. The number of hydrogen-bond donors (Lipinski definition) is 0. The summed E-state index contributed by atoms with van der Waals surface area (Å²) in [6.07, 6.45) is 0.